The van der Waals surface area contributed by atoms with Crippen molar-refractivity contribution in [3.05, 3.63) is 35.4 Å². The van der Waals surface area contributed by atoms with Gasteiger partial charge in [-0.1, -0.05) is 18.2 Å². The van der Waals surface area contributed by atoms with Crippen LogP contribution in [0.25, 0.3) is 6.08 Å². The number of rotatable bonds is 3. The summed E-state index contributed by atoms with van der Waals surface area (Å²) >= 11 is 0. The maximum absolute atomic E-state index is 12.2. The van der Waals surface area contributed by atoms with Crippen molar-refractivity contribution in [2.75, 3.05) is 19.7 Å². The smallest absolute Gasteiger partial charge is 0.338 e. The number of hydrogen-bond donors (Lipinski definition) is 0. The van der Waals surface area contributed by atoms with Crippen LogP contribution >= 0.6 is 0 Å². The Balaban J connectivity index is 1.65. The molecule has 0 radical (unpaired) electrons. The van der Waals surface area contributed by atoms with Crippen molar-refractivity contribution in [2.24, 2.45) is 0 Å². The van der Waals surface area contributed by atoms with Gasteiger partial charge >= 0.3 is 5.97 Å². The molecule has 0 saturated carbocycles. The zero-order valence-corrected chi connectivity index (χ0v) is 12.6. The van der Waals surface area contributed by atoms with Crippen LogP contribution in [-0.4, -0.2) is 42.6 Å². The molecule has 2 heterocycles. The molecular formula is C17H19NO4. The number of carbonyl (C=O) groups excluding carboxylic acids is 2. The predicted molar refractivity (Wildman–Crippen MR) is 81.3 cm³/mol. The van der Waals surface area contributed by atoms with Crippen LogP contribution in [0.15, 0.2) is 29.8 Å². The Morgan fingerprint density at radius 1 is 1.23 bits per heavy atom. The molecule has 5 heteroatoms. The number of nitrogens with zero attached hydrogens (tertiary/aromatic N) is 1. The molecule has 0 spiro atoms. The maximum Gasteiger partial charge on any atom is 0.338 e. The molecule has 0 aliphatic carbocycles. The lowest BCUT2D eigenvalue weighted by atomic mass is 10.1. The highest BCUT2D eigenvalue weighted by Gasteiger charge is 2.27. The third-order valence-corrected chi connectivity index (χ3v) is 3.94. The molecule has 1 fully saturated rings. The van der Waals surface area contributed by atoms with Gasteiger partial charge in [0.2, 0.25) is 0 Å². The Hall–Kier alpha value is -2.30. The lowest BCUT2D eigenvalue weighted by molar-refractivity contribution is -0.155. The Kier molecular flexibility index (Phi) is 4.13. The summed E-state index contributed by atoms with van der Waals surface area (Å²) in [6.45, 7) is 3.29. The SMILES string of the molecule is CC(OC(=O)C1=Cc2ccccc2OC1)C(=O)N1CCCC1. The first kappa shape index (κ1) is 14.6. The molecule has 3 rings (SSSR count). The Labute approximate surface area is 129 Å². The monoisotopic (exact) mass is 301 g/mol. The van der Waals surface area contributed by atoms with Gasteiger partial charge in [0.05, 0.1) is 5.57 Å². The van der Waals surface area contributed by atoms with Crippen LogP contribution in [0.4, 0.5) is 0 Å². The van der Waals surface area contributed by atoms with Gasteiger partial charge in [-0.3, -0.25) is 4.79 Å². The summed E-state index contributed by atoms with van der Waals surface area (Å²) in [5, 5.41) is 0. The van der Waals surface area contributed by atoms with Crippen LogP contribution in [0.2, 0.25) is 0 Å². The first-order valence-electron chi connectivity index (χ1n) is 7.57. The maximum atomic E-state index is 12.2. The van der Waals surface area contributed by atoms with Crippen molar-refractivity contribution in [3.63, 3.8) is 0 Å². The number of amides is 1. The number of hydrogen-bond acceptors (Lipinski definition) is 4. The van der Waals surface area contributed by atoms with Crippen LogP contribution < -0.4 is 4.74 Å². The van der Waals surface area contributed by atoms with E-state index in [1.807, 2.05) is 24.3 Å². The second-order valence-corrected chi connectivity index (χ2v) is 5.58. The summed E-state index contributed by atoms with van der Waals surface area (Å²) in [5.74, 6) is 0.137. The van der Waals surface area contributed by atoms with Crippen LogP contribution in [-0.2, 0) is 14.3 Å². The highest BCUT2D eigenvalue weighted by molar-refractivity contribution is 5.96. The number of para-hydroxylation sites is 1. The first-order chi connectivity index (χ1) is 10.6. The van der Waals surface area contributed by atoms with E-state index in [2.05, 4.69) is 0 Å². The zero-order chi connectivity index (χ0) is 15.5. The van der Waals surface area contributed by atoms with Gasteiger partial charge in [0, 0.05) is 18.7 Å². The van der Waals surface area contributed by atoms with E-state index in [4.69, 9.17) is 9.47 Å². The van der Waals surface area contributed by atoms with Crippen LogP contribution in [0.5, 0.6) is 5.75 Å². The number of carbonyl (C=O) groups is 2. The summed E-state index contributed by atoms with van der Waals surface area (Å²) in [4.78, 5) is 26.1. The Morgan fingerprint density at radius 3 is 2.73 bits per heavy atom. The van der Waals surface area contributed by atoms with Crippen molar-refractivity contribution in [1.29, 1.82) is 0 Å². The van der Waals surface area contributed by atoms with Gasteiger partial charge in [-0.25, -0.2) is 4.79 Å². The van der Waals surface area contributed by atoms with E-state index in [1.54, 1.807) is 17.9 Å². The molecule has 1 aromatic rings. The topological polar surface area (TPSA) is 55.8 Å². The average molecular weight is 301 g/mol. The third kappa shape index (κ3) is 2.98. The summed E-state index contributed by atoms with van der Waals surface area (Å²) in [6, 6.07) is 7.49. The second-order valence-electron chi connectivity index (χ2n) is 5.58. The average Bonchev–Trinajstić information content (AvgIpc) is 3.08. The van der Waals surface area contributed by atoms with Crippen molar-refractivity contribution < 1.29 is 19.1 Å². The minimum atomic E-state index is -0.760. The minimum Gasteiger partial charge on any atom is -0.488 e. The number of ether oxygens (including phenoxy) is 2. The molecule has 1 unspecified atom stereocenters. The quantitative estimate of drug-likeness (QED) is 0.802. The standard InChI is InChI=1S/C17H19NO4/c1-12(16(19)18-8-4-5-9-18)22-17(20)14-10-13-6-2-3-7-15(13)21-11-14/h2-3,6-7,10,12H,4-5,8-9,11H2,1H3. The van der Waals surface area contributed by atoms with Crippen LogP contribution in [0.1, 0.15) is 25.3 Å². The van der Waals surface area contributed by atoms with Gasteiger partial charge in [-0.05, 0) is 31.9 Å². The fourth-order valence-electron chi connectivity index (χ4n) is 2.72. The van der Waals surface area contributed by atoms with Crippen molar-refractivity contribution >= 4 is 18.0 Å². The van der Waals surface area contributed by atoms with E-state index in [1.165, 1.54) is 0 Å². The molecule has 1 saturated heterocycles. The number of esters is 1. The van der Waals surface area contributed by atoms with Crippen molar-refractivity contribution in [2.45, 2.75) is 25.9 Å². The van der Waals surface area contributed by atoms with E-state index >= 15 is 0 Å². The zero-order valence-electron chi connectivity index (χ0n) is 12.6. The molecule has 116 valence electrons. The number of benzene rings is 1. The summed E-state index contributed by atoms with van der Waals surface area (Å²) in [6.07, 6.45) is 3.03. The van der Waals surface area contributed by atoms with Gasteiger partial charge in [0.1, 0.15) is 12.4 Å². The third-order valence-electron chi connectivity index (χ3n) is 3.94. The fraction of sp³-hybridized carbons (Fsp3) is 0.412. The van der Waals surface area contributed by atoms with E-state index in [0.717, 1.165) is 37.2 Å². The molecule has 0 N–H and O–H groups in total. The van der Waals surface area contributed by atoms with Gasteiger partial charge in [-0.2, -0.15) is 0 Å². The molecule has 0 aromatic heterocycles. The minimum absolute atomic E-state index is 0.122. The fourth-order valence-corrected chi connectivity index (χ4v) is 2.72. The molecule has 0 bridgehead atoms. The van der Waals surface area contributed by atoms with Crippen molar-refractivity contribution in [1.82, 2.24) is 4.90 Å². The van der Waals surface area contributed by atoms with Crippen LogP contribution in [0, 0.1) is 0 Å². The molecule has 5 nitrogen and oxygen atoms in total. The highest BCUT2D eigenvalue weighted by atomic mass is 16.6. The van der Waals surface area contributed by atoms with Gasteiger partial charge < -0.3 is 14.4 Å². The van der Waals surface area contributed by atoms with Gasteiger partial charge in [-0.15, -0.1) is 0 Å². The van der Waals surface area contributed by atoms with Gasteiger partial charge in [0.25, 0.3) is 5.91 Å². The Morgan fingerprint density at radius 2 is 1.95 bits per heavy atom. The number of fused-ring (bicyclic) bond motifs is 1. The van der Waals surface area contributed by atoms with E-state index in [-0.39, 0.29) is 12.5 Å². The summed E-state index contributed by atoms with van der Waals surface area (Å²) < 4.78 is 10.8. The van der Waals surface area contributed by atoms with Gasteiger partial charge in [0.15, 0.2) is 6.10 Å². The van der Waals surface area contributed by atoms with E-state index in [0.29, 0.717) is 5.57 Å². The lowest BCUT2D eigenvalue weighted by Gasteiger charge is -2.22. The lowest BCUT2D eigenvalue weighted by Crippen LogP contribution is -2.38. The van der Waals surface area contributed by atoms with Crippen molar-refractivity contribution in [3.8, 4) is 5.75 Å². The highest BCUT2D eigenvalue weighted by Crippen LogP contribution is 2.26. The Bertz CT molecular complexity index is 617. The van der Waals surface area contributed by atoms with Crippen LogP contribution in [0.3, 0.4) is 0 Å². The molecule has 2 aliphatic heterocycles. The molecular weight excluding hydrogens is 282 g/mol. The molecule has 1 aromatic carbocycles. The largest absolute Gasteiger partial charge is 0.488 e. The second kappa shape index (κ2) is 6.22. The summed E-state index contributed by atoms with van der Waals surface area (Å²) in [5.41, 5.74) is 1.28. The molecule has 1 atom stereocenters. The molecule has 2 aliphatic rings. The van der Waals surface area contributed by atoms with E-state index < -0.39 is 12.1 Å². The number of likely N-dealkylation sites (tertiary alicyclic amines) is 1. The predicted octanol–water partition coefficient (Wildman–Crippen LogP) is 2.02. The summed E-state index contributed by atoms with van der Waals surface area (Å²) in [7, 11) is 0. The first-order valence-corrected chi connectivity index (χ1v) is 7.57. The van der Waals surface area contributed by atoms with E-state index in [9.17, 15) is 9.59 Å². The normalized spacial score (nSPS) is 18.0. The molecule has 22 heavy (non-hydrogen) atoms. The molecule has 1 amide bonds.